The first-order valence-electron chi connectivity index (χ1n) is 6.38. The van der Waals surface area contributed by atoms with Crippen LogP contribution in [0.2, 0.25) is 0 Å². The lowest BCUT2D eigenvalue weighted by Crippen LogP contribution is -2.44. The molecule has 2 aromatic rings. The average molecular weight is 274 g/mol. The van der Waals surface area contributed by atoms with Crippen molar-refractivity contribution in [2.45, 2.75) is 25.5 Å². The van der Waals surface area contributed by atoms with Gasteiger partial charge in [-0.15, -0.1) is 0 Å². The summed E-state index contributed by atoms with van der Waals surface area (Å²) in [6, 6.07) is 5.43. The van der Waals surface area contributed by atoms with E-state index >= 15 is 0 Å². The number of benzene rings is 1. The third-order valence-electron chi connectivity index (χ3n) is 3.25. The average Bonchev–Trinajstić information content (AvgIpc) is 2.91. The highest BCUT2D eigenvalue weighted by Gasteiger charge is 2.19. The van der Waals surface area contributed by atoms with E-state index in [-0.39, 0.29) is 13.2 Å². The van der Waals surface area contributed by atoms with Gasteiger partial charge in [0, 0.05) is 17.5 Å². The molecule has 0 saturated heterocycles. The van der Waals surface area contributed by atoms with E-state index in [2.05, 4.69) is 21.6 Å². The van der Waals surface area contributed by atoms with E-state index in [4.69, 9.17) is 5.26 Å². The smallest absolute Gasteiger partial charge is 0.0992 e. The molecule has 1 aromatic carbocycles. The fourth-order valence-electron chi connectivity index (χ4n) is 1.96. The number of nitrogens with one attached hydrogen (secondary N) is 2. The molecule has 0 fully saturated rings. The molecule has 2 rings (SSSR count). The van der Waals surface area contributed by atoms with Crippen LogP contribution >= 0.6 is 0 Å². The maximum atomic E-state index is 10.3. The Morgan fingerprint density at radius 2 is 2.25 bits per heavy atom. The molecular formula is C14H18N4O2. The molecule has 0 aliphatic heterocycles. The number of H-pyrrole nitrogens is 1. The van der Waals surface area contributed by atoms with Gasteiger partial charge in [-0.25, -0.2) is 0 Å². The Morgan fingerprint density at radius 1 is 1.50 bits per heavy atom. The number of hydrogen-bond acceptors (Lipinski definition) is 5. The molecule has 0 radical (unpaired) electrons. The maximum Gasteiger partial charge on any atom is 0.0992 e. The van der Waals surface area contributed by atoms with Crippen molar-refractivity contribution in [2.24, 2.45) is 0 Å². The molecule has 1 atom stereocenters. The molecule has 6 nitrogen and oxygen atoms in total. The number of fused-ring (bicyclic) bond motifs is 1. The molecule has 4 N–H and O–H groups in total. The van der Waals surface area contributed by atoms with Crippen molar-refractivity contribution in [1.82, 2.24) is 15.5 Å². The summed E-state index contributed by atoms with van der Waals surface area (Å²) in [5.41, 5.74) is 1.37. The molecule has 20 heavy (non-hydrogen) atoms. The number of aliphatic hydroxyl groups excluding tert-OH is 2. The van der Waals surface area contributed by atoms with Crippen LogP contribution in [0.25, 0.3) is 10.9 Å². The van der Waals surface area contributed by atoms with Gasteiger partial charge in [-0.1, -0.05) is 0 Å². The van der Waals surface area contributed by atoms with Gasteiger partial charge in [0.05, 0.1) is 36.1 Å². The highest BCUT2D eigenvalue weighted by Crippen LogP contribution is 2.24. The summed E-state index contributed by atoms with van der Waals surface area (Å²) >= 11 is 0. The second-order valence-electron chi connectivity index (χ2n) is 5.45. The number of aromatic amines is 1. The summed E-state index contributed by atoms with van der Waals surface area (Å²) in [5.74, 6) is 0. The van der Waals surface area contributed by atoms with E-state index in [0.29, 0.717) is 11.1 Å². The Bertz CT molecular complexity index is 642. The third kappa shape index (κ3) is 2.96. The van der Waals surface area contributed by atoms with E-state index in [0.717, 1.165) is 10.9 Å². The van der Waals surface area contributed by atoms with Crippen molar-refractivity contribution in [2.75, 3.05) is 13.2 Å². The van der Waals surface area contributed by atoms with Gasteiger partial charge in [0.1, 0.15) is 0 Å². The summed E-state index contributed by atoms with van der Waals surface area (Å²) in [7, 11) is 0. The second-order valence-corrected chi connectivity index (χ2v) is 5.45. The molecule has 0 bridgehead atoms. The van der Waals surface area contributed by atoms with Gasteiger partial charge in [-0.05, 0) is 31.5 Å². The Kier molecular flexibility index (Phi) is 4.04. The van der Waals surface area contributed by atoms with Crippen LogP contribution in [0, 0.1) is 11.3 Å². The highest BCUT2D eigenvalue weighted by atomic mass is 16.3. The lowest BCUT2D eigenvalue weighted by molar-refractivity contribution is 0.137. The summed E-state index contributed by atoms with van der Waals surface area (Å²) in [6.45, 7) is 3.94. The standard InChI is InChI=1S/C14H18N4O2/c1-14(2,8-19)16-7-13(20)10-3-9(5-15)4-12-11(10)6-17-18-12/h3-4,6,13,16,19-20H,7-8H2,1-2H3,(H,17,18)/t13-/m0/s1. The quantitative estimate of drug-likeness (QED) is 0.646. The van der Waals surface area contributed by atoms with Crippen molar-refractivity contribution in [3.8, 4) is 6.07 Å². The molecule has 0 aliphatic rings. The number of β-amino-alcohol motifs (C(OH)–C–C–N with tert-alkyl or cyclic N) is 1. The molecule has 1 heterocycles. The van der Waals surface area contributed by atoms with Crippen molar-refractivity contribution in [3.05, 3.63) is 29.5 Å². The molecular weight excluding hydrogens is 256 g/mol. The van der Waals surface area contributed by atoms with Crippen LogP contribution in [0.15, 0.2) is 18.3 Å². The van der Waals surface area contributed by atoms with Crippen LogP contribution in [0.3, 0.4) is 0 Å². The molecule has 1 aromatic heterocycles. The number of aromatic nitrogens is 2. The summed E-state index contributed by atoms with van der Waals surface area (Å²) in [5, 5.41) is 39.2. The van der Waals surface area contributed by atoms with Gasteiger partial charge in [-0.2, -0.15) is 10.4 Å². The van der Waals surface area contributed by atoms with Crippen LogP contribution in [0.1, 0.15) is 31.1 Å². The predicted octanol–water partition coefficient (Wildman–Crippen LogP) is 0.828. The summed E-state index contributed by atoms with van der Waals surface area (Å²) in [6.07, 6.45) is 0.848. The maximum absolute atomic E-state index is 10.3. The zero-order chi connectivity index (χ0) is 14.8. The van der Waals surface area contributed by atoms with E-state index in [9.17, 15) is 10.2 Å². The molecule has 0 aliphatic carbocycles. The minimum Gasteiger partial charge on any atom is -0.394 e. The Hall–Kier alpha value is -1.94. The van der Waals surface area contributed by atoms with E-state index in [1.54, 1.807) is 18.3 Å². The monoisotopic (exact) mass is 274 g/mol. The number of hydrogen-bond donors (Lipinski definition) is 4. The van der Waals surface area contributed by atoms with Gasteiger partial charge in [0.2, 0.25) is 0 Å². The molecule has 6 heteroatoms. The van der Waals surface area contributed by atoms with Gasteiger partial charge in [-0.3, -0.25) is 5.10 Å². The fourth-order valence-corrected chi connectivity index (χ4v) is 1.96. The van der Waals surface area contributed by atoms with Gasteiger partial charge in [0.25, 0.3) is 0 Å². The van der Waals surface area contributed by atoms with Crippen molar-refractivity contribution >= 4 is 10.9 Å². The van der Waals surface area contributed by atoms with Crippen molar-refractivity contribution in [3.63, 3.8) is 0 Å². The Balaban J connectivity index is 2.27. The van der Waals surface area contributed by atoms with Gasteiger partial charge >= 0.3 is 0 Å². The molecule has 106 valence electrons. The largest absolute Gasteiger partial charge is 0.394 e. The minimum atomic E-state index is -0.783. The SMILES string of the molecule is CC(C)(CO)NC[C@H](O)c1cc(C#N)cc2[nH]ncc12. The van der Waals surface area contributed by atoms with E-state index in [1.165, 1.54) is 0 Å². The van der Waals surface area contributed by atoms with Gasteiger partial charge in [0.15, 0.2) is 0 Å². The van der Waals surface area contributed by atoms with Crippen LogP contribution in [0.4, 0.5) is 0 Å². The zero-order valence-corrected chi connectivity index (χ0v) is 11.5. The molecule has 0 saturated carbocycles. The van der Waals surface area contributed by atoms with Crippen LogP contribution in [-0.4, -0.2) is 39.1 Å². The van der Waals surface area contributed by atoms with Crippen LogP contribution < -0.4 is 5.32 Å². The predicted molar refractivity (Wildman–Crippen MR) is 74.9 cm³/mol. The lowest BCUT2D eigenvalue weighted by atomic mass is 10.0. The van der Waals surface area contributed by atoms with Crippen LogP contribution in [0.5, 0.6) is 0 Å². The fraction of sp³-hybridized carbons (Fsp3) is 0.429. The van der Waals surface area contributed by atoms with Gasteiger partial charge < -0.3 is 15.5 Å². The summed E-state index contributed by atoms with van der Waals surface area (Å²) < 4.78 is 0. The first-order valence-corrected chi connectivity index (χ1v) is 6.38. The topological polar surface area (TPSA) is 105 Å². The Labute approximate surface area is 117 Å². The number of rotatable bonds is 5. The van der Waals surface area contributed by atoms with E-state index < -0.39 is 11.6 Å². The van der Waals surface area contributed by atoms with Crippen molar-refractivity contribution in [1.29, 1.82) is 5.26 Å². The highest BCUT2D eigenvalue weighted by molar-refractivity contribution is 5.83. The number of nitrogens with zero attached hydrogens (tertiary/aromatic N) is 2. The first kappa shape index (κ1) is 14.5. The first-order chi connectivity index (χ1) is 9.46. The van der Waals surface area contributed by atoms with Crippen molar-refractivity contribution < 1.29 is 10.2 Å². The second kappa shape index (κ2) is 5.59. The van der Waals surface area contributed by atoms with Crippen LogP contribution in [-0.2, 0) is 0 Å². The Morgan fingerprint density at radius 3 is 2.90 bits per heavy atom. The minimum absolute atomic E-state index is 0.0287. The molecule has 0 unspecified atom stereocenters. The molecule has 0 amide bonds. The molecule has 0 spiro atoms. The lowest BCUT2D eigenvalue weighted by Gasteiger charge is -2.25. The zero-order valence-electron chi connectivity index (χ0n) is 11.5. The number of nitriles is 1. The normalized spacial score (nSPS) is 13.3. The summed E-state index contributed by atoms with van der Waals surface area (Å²) in [4.78, 5) is 0. The number of aliphatic hydroxyl groups is 2. The van der Waals surface area contributed by atoms with E-state index in [1.807, 2.05) is 13.8 Å². The third-order valence-corrected chi connectivity index (χ3v) is 3.25.